The average Bonchev–Trinajstić information content (AvgIpc) is 2.48. The molecule has 1 amide bonds. The Morgan fingerprint density at radius 3 is 2.55 bits per heavy atom. The van der Waals surface area contributed by atoms with E-state index in [1.54, 1.807) is 0 Å². The van der Waals surface area contributed by atoms with E-state index in [1.807, 2.05) is 25.1 Å². The normalized spacial score (nSPS) is 22.6. The third-order valence-corrected chi connectivity index (χ3v) is 5.96. The molecule has 0 aliphatic heterocycles. The Hall–Kier alpha value is -0.580. The highest BCUT2D eigenvalue weighted by Gasteiger charge is 2.20. The van der Waals surface area contributed by atoms with Crippen LogP contribution in [0.4, 0.5) is 0 Å². The van der Waals surface area contributed by atoms with Crippen LogP contribution in [0.15, 0.2) is 18.2 Å². The lowest BCUT2D eigenvalue weighted by molar-refractivity contribution is 0.0940. The molecule has 2 rings (SSSR count). The summed E-state index contributed by atoms with van der Waals surface area (Å²) in [5.74, 6) is 1.67. The fourth-order valence-electron chi connectivity index (χ4n) is 3.00. The Labute approximate surface area is 135 Å². The zero-order valence-electron chi connectivity index (χ0n) is 12.4. The van der Waals surface area contributed by atoms with Gasteiger partial charge in [0.15, 0.2) is 0 Å². The van der Waals surface area contributed by atoms with Gasteiger partial charge in [0.1, 0.15) is 0 Å². The average molecular weight is 385 g/mol. The number of benzene rings is 1. The fraction of sp³-hybridized carbons (Fsp3) is 0.588. The Bertz CT molecular complexity index is 464. The minimum absolute atomic E-state index is 0.0794. The zero-order chi connectivity index (χ0) is 14.5. The number of carbonyl (C=O) groups is 1. The molecule has 1 aliphatic rings. The van der Waals surface area contributed by atoms with Gasteiger partial charge in [0.2, 0.25) is 0 Å². The lowest BCUT2D eigenvalue weighted by Gasteiger charge is -2.27. The number of halogens is 1. The molecule has 1 aromatic rings. The molecule has 0 bridgehead atoms. The number of amides is 1. The van der Waals surface area contributed by atoms with E-state index >= 15 is 0 Å². The summed E-state index contributed by atoms with van der Waals surface area (Å²) in [7, 11) is 0. The third-order valence-electron chi connectivity index (χ3n) is 4.53. The quantitative estimate of drug-likeness (QED) is 0.758. The van der Waals surface area contributed by atoms with Crippen molar-refractivity contribution in [3.8, 4) is 0 Å². The van der Waals surface area contributed by atoms with E-state index in [9.17, 15) is 4.79 Å². The van der Waals surface area contributed by atoms with Crippen molar-refractivity contribution < 1.29 is 4.79 Å². The Morgan fingerprint density at radius 2 is 1.90 bits per heavy atom. The smallest absolute Gasteiger partial charge is 0.252 e. The number of hydrogen-bond donors (Lipinski definition) is 1. The van der Waals surface area contributed by atoms with Crippen LogP contribution in [0.25, 0.3) is 0 Å². The molecule has 20 heavy (non-hydrogen) atoms. The number of nitrogens with one attached hydrogen (secondary N) is 1. The fourth-order valence-corrected chi connectivity index (χ4v) is 3.60. The molecule has 0 aromatic heterocycles. The van der Waals surface area contributed by atoms with Crippen LogP contribution in [0.2, 0.25) is 0 Å². The van der Waals surface area contributed by atoms with Gasteiger partial charge in [0.05, 0.1) is 5.56 Å². The molecule has 1 fully saturated rings. The first-order valence-corrected chi connectivity index (χ1v) is 8.73. The first-order chi connectivity index (χ1) is 9.61. The number of hydrogen-bond acceptors (Lipinski definition) is 1. The molecule has 0 radical (unpaired) electrons. The van der Waals surface area contributed by atoms with Gasteiger partial charge in [-0.15, -0.1) is 0 Å². The molecule has 1 N–H and O–H groups in total. The van der Waals surface area contributed by atoms with Crippen molar-refractivity contribution in [2.75, 3.05) is 6.54 Å². The van der Waals surface area contributed by atoms with Crippen LogP contribution in [0.3, 0.4) is 0 Å². The first kappa shape index (κ1) is 15.8. The van der Waals surface area contributed by atoms with Crippen molar-refractivity contribution in [2.45, 2.75) is 46.0 Å². The van der Waals surface area contributed by atoms with E-state index < -0.39 is 0 Å². The highest BCUT2D eigenvalue weighted by atomic mass is 127. The summed E-state index contributed by atoms with van der Waals surface area (Å²) in [6, 6.07) is 5.92. The van der Waals surface area contributed by atoms with E-state index in [2.05, 4.69) is 34.8 Å². The second-order valence-corrected chi connectivity index (χ2v) is 7.02. The van der Waals surface area contributed by atoms with Gasteiger partial charge in [-0.2, -0.15) is 0 Å². The SMILES string of the molecule is CCC1CCC(CNC(=O)c2cccc(C)c2I)CC1. The van der Waals surface area contributed by atoms with Crippen LogP contribution in [0.5, 0.6) is 0 Å². The van der Waals surface area contributed by atoms with Gasteiger partial charge < -0.3 is 5.32 Å². The van der Waals surface area contributed by atoms with Gasteiger partial charge in [-0.1, -0.05) is 38.3 Å². The minimum atomic E-state index is 0.0794. The summed E-state index contributed by atoms with van der Waals surface area (Å²) >= 11 is 2.26. The van der Waals surface area contributed by atoms with Crippen LogP contribution in [-0.2, 0) is 0 Å². The van der Waals surface area contributed by atoms with E-state index in [0.29, 0.717) is 5.92 Å². The maximum absolute atomic E-state index is 12.3. The number of aryl methyl sites for hydroxylation is 1. The second-order valence-electron chi connectivity index (χ2n) is 5.94. The molecule has 0 spiro atoms. The lowest BCUT2D eigenvalue weighted by atomic mass is 9.81. The zero-order valence-corrected chi connectivity index (χ0v) is 14.6. The van der Waals surface area contributed by atoms with E-state index in [1.165, 1.54) is 37.7 Å². The Morgan fingerprint density at radius 1 is 1.25 bits per heavy atom. The van der Waals surface area contributed by atoms with Gasteiger partial charge in [0, 0.05) is 10.1 Å². The van der Waals surface area contributed by atoms with E-state index in [-0.39, 0.29) is 5.91 Å². The van der Waals surface area contributed by atoms with Crippen LogP contribution in [0.1, 0.15) is 54.9 Å². The summed E-state index contributed by atoms with van der Waals surface area (Å²) in [5, 5.41) is 3.13. The van der Waals surface area contributed by atoms with Crippen molar-refractivity contribution in [3.63, 3.8) is 0 Å². The van der Waals surface area contributed by atoms with Gasteiger partial charge in [0.25, 0.3) is 5.91 Å². The molecule has 1 aliphatic carbocycles. The molecule has 110 valence electrons. The summed E-state index contributed by atoms with van der Waals surface area (Å²) in [6.07, 6.45) is 6.51. The predicted molar refractivity (Wildman–Crippen MR) is 92.0 cm³/mol. The molecule has 0 unspecified atom stereocenters. The number of rotatable bonds is 4. The van der Waals surface area contributed by atoms with E-state index in [4.69, 9.17) is 0 Å². The molecular formula is C17H24INO. The molecule has 0 atom stereocenters. The van der Waals surface area contributed by atoms with Crippen molar-refractivity contribution in [1.82, 2.24) is 5.32 Å². The maximum Gasteiger partial charge on any atom is 0.252 e. The molecule has 0 heterocycles. The molecule has 1 aromatic carbocycles. The highest BCUT2D eigenvalue weighted by molar-refractivity contribution is 14.1. The molecule has 1 saturated carbocycles. The summed E-state index contributed by atoms with van der Waals surface area (Å²) in [6.45, 7) is 5.16. The van der Waals surface area contributed by atoms with Crippen LogP contribution < -0.4 is 5.32 Å². The van der Waals surface area contributed by atoms with Gasteiger partial charge in [-0.05, 0) is 65.8 Å². The van der Waals surface area contributed by atoms with E-state index in [0.717, 1.165) is 21.6 Å². The van der Waals surface area contributed by atoms with Crippen molar-refractivity contribution in [3.05, 3.63) is 32.9 Å². The first-order valence-electron chi connectivity index (χ1n) is 7.65. The molecule has 3 heteroatoms. The van der Waals surface area contributed by atoms with Crippen molar-refractivity contribution in [1.29, 1.82) is 0 Å². The second kappa shape index (κ2) is 7.43. The standard InChI is InChI=1S/C17H24INO/c1-3-13-7-9-14(10-8-13)11-19-17(20)15-6-4-5-12(2)16(15)18/h4-6,13-14H,3,7-11H2,1-2H3,(H,19,20). The van der Waals surface area contributed by atoms with Crippen molar-refractivity contribution >= 4 is 28.5 Å². The minimum Gasteiger partial charge on any atom is -0.352 e. The predicted octanol–water partition coefficient (Wildman–Crippen LogP) is 4.55. The van der Waals surface area contributed by atoms with Gasteiger partial charge in [-0.3, -0.25) is 4.79 Å². The molecule has 2 nitrogen and oxygen atoms in total. The molecular weight excluding hydrogens is 361 g/mol. The van der Waals surface area contributed by atoms with Crippen LogP contribution in [0, 0.1) is 22.3 Å². The van der Waals surface area contributed by atoms with Crippen molar-refractivity contribution in [2.24, 2.45) is 11.8 Å². The van der Waals surface area contributed by atoms with Crippen LogP contribution >= 0.6 is 22.6 Å². The monoisotopic (exact) mass is 385 g/mol. The van der Waals surface area contributed by atoms with Gasteiger partial charge in [-0.25, -0.2) is 0 Å². The number of carbonyl (C=O) groups excluding carboxylic acids is 1. The highest BCUT2D eigenvalue weighted by Crippen LogP contribution is 2.30. The molecule has 0 saturated heterocycles. The summed E-state index contributed by atoms with van der Waals surface area (Å²) in [4.78, 5) is 12.3. The maximum atomic E-state index is 12.3. The third kappa shape index (κ3) is 3.96. The van der Waals surface area contributed by atoms with Crippen LogP contribution in [-0.4, -0.2) is 12.5 Å². The largest absolute Gasteiger partial charge is 0.352 e. The summed E-state index contributed by atoms with van der Waals surface area (Å²) in [5.41, 5.74) is 1.98. The Kier molecular flexibility index (Phi) is 5.87. The Balaban J connectivity index is 1.85. The topological polar surface area (TPSA) is 29.1 Å². The summed E-state index contributed by atoms with van der Waals surface area (Å²) < 4.78 is 1.07. The van der Waals surface area contributed by atoms with Gasteiger partial charge >= 0.3 is 0 Å². The lowest BCUT2D eigenvalue weighted by Crippen LogP contribution is -2.31.